The number of ether oxygens (including phenoxy) is 2. The molecule has 0 aliphatic carbocycles. The van der Waals surface area contributed by atoms with Gasteiger partial charge in [-0.2, -0.15) is 0 Å². The molecule has 0 N–H and O–H groups in total. The summed E-state index contributed by atoms with van der Waals surface area (Å²) in [4.78, 5) is 11.4. The number of benzene rings is 1. The van der Waals surface area contributed by atoms with E-state index in [9.17, 15) is 4.79 Å². The van der Waals surface area contributed by atoms with Gasteiger partial charge < -0.3 is 9.47 Å². The van der Waals surface area contributed by atoms with Gasteiger partial charge in [0.1, 0.15) is 12.4 Å². The van der Waals surface area contributed by atoms with Gasteiger partial charge in [0.05, 0.1) is 12.2 Å². The molecule has 1 rings (SSSR count). The van der Waals surface area contributed by atoms with Gasteiger partial charge in [-0.1, -0.05) is 26.5 Å². The number of hydrogen-bond acceptors (Lipinski definition) is 3. The second-order valence-corrected chi connectivity index (χ2v) is 4.85. The van der Waals surface area contributed by atoms with E-state index in [1.54, 1.807) is 6.92 Å². The van der Waals surface area contributed by atoms with E-state index in [1.165, 1.54) is 5.56 Å². The largest absolute Gasteiger partial charge is 0.489 e. The van der Waals surface area contributed by atoms with E-state index in [0.717, 1.165) is 11.3 Å². The van der Waals surface area contributed by atoms with Gasteiger partial charge in [0.2, 0.25) is 0 Å². The Kier molecular flexibility index (Phi) is 5.61. The van der Waals surface area contributed by atoms with Crippen LogP contribution in [0.1, 0.15) is 37.8 Å². The first-order valence-electron chi connectivity index (χ1n) is 6.53. The molecule has 0 atom stereocenters. The highest BCUT2D eigenvalue weighted by atomic mass is 16.5. The minimum Gasteiger partial charge on any atom is -0.489 e. The van der Waals surface area contributed by atoms with Gasteiger partial charge in [-0.05, 0) is 43.0 Å². The first kappa shape index (κ1) is 15.3. The minimum absolute atomic E-state index is 0.153. The highest BCUT2D eigenvalue weighted by Crippen LogP contribution is 2.23. The van der Waals surface area contributed by atoms with Crippen LogP contribution in [0.15, 0.2) is 30.4 Å². The smallest absolute Gasteiger partial charge is 0.336 e. The van der Waals surface area contributed by atoms with E-state index in [4.69, 9.17) is 9.47 Å². The van der Waals surface area contributed by atoms with Crippen LogP contribution in [-0.2, 0) is 9.53 Å². The maximum absolute atomic E-state index is 11.4. The topological polar surface area (TPSA) is 35.5 Å². The van der Waals surface area contributed by atoms with E-state index < -0.39 is 5.97 Å². The predicted octanol–water partition coefficient (Wildman–Crippen LogP) is 3.62. The average molecular weight is 262 g/mol. The van der Waals surface area contributed by atoms with Crippen LogP contribution < -0.4 is 4.74 Å². The Bertz CT molecular complexity index is 461. The van der Waals surface area contributed by atoms with Crippen molar-refractivity contribution in [1.82, 2.24) is 0 Å². The number of hydrogen-bond donors (Lipinski definition) is 0. The summed E-state index contributed by atoms with van der Waals surface area (Å²) in [6.45, 7) is 12.2. The van der Waals surface area contributed by atoms with E-state index >= 15 is 0 Å². The Morgan fingerprint density at radius 1 is 1.32 bits per heavy atom. The van der Waals surface area contributed by atoms with Crippen molar-refractivity contribution in [2.45, 2.75) is 33.6 Å². The van der Waals surface area contributed by atoms with Crippen molar-refractivity contribution in [3.05, 3.63) is 41.5 Å². The lowest BCUT2D eigenvalue weighted by Gasteiger charge is -2.12. The third-order valence-electron chi connectivity index (χ3n) is 2.72. The standard InChI is InChI=1S/C16H22O3/c1-6-18-16(17)13(5)10-19-15-8-12(4)7-14(9-15)11(2)3/h7-9,11H,5-6,10H2,1-4H3. The zero-order valence-corrected chi connectivity index (χ0v) is 12.2. The number of carbonyl (C=O) groups excluding carboxylic acids is 1. The summed E-state index contributed by atoms with van der Waals surface area (Å²) < 4.78 is 10.5. The molecule has 19 heavy (non-hydrogen) atoms. The molecule has 104 valence electrons. The second kappa shape index (κ2) is 6.98. The Hall–Kier alpha value is -1.77. The summed E-state index contributed by atoms with van der Waals surface area (Å²) in [6, 6.07) is 6.08. The summed E-state index contributed by atoms with van der Waals surface area (Å²) in [5.41, 5.74) is 2.69. The maximum Gasteiger partial charge on any atom is 0.336 e. The fourth-order valence-corrected chi connectivity index (χ4v) is 1.66. The molecule has 3 nitrogen and oxygen atoms in total. The van der Waals surface area contributed by atoms with Crippen LogP contribution in [0.5, 0.6) is 5.75 Å². The van der Waals surface area contributed by atoms with Crippen molar-refractivity contribution in [3.63, 3.8) is 0 Å². The third kappa shape index (κ3) is 4.78. The normalized spacial score (nSPS) is 10.4. The quantitative estimate of drug-likeness (QED) is 0.580. The molecule has 0 aliphatic rings. The lowest BCUT2D eigenvalue weighted by atomic mass is 10.0. The van der Waals surface area contributed by atoms with Gasteiger partial charge in [-0.15, -0.1) is 0 Å². The lowest BCUT2D eigenvalue weighted by Crippen LogP contribution is -2.13. The lowest BCUT2D eigenvalue weighted by molar-refractivity contribution is -0.138. The van der Waals surface area contributed by atoms with E-state index in [1.807, 2.05) is 19.1 Å². The van der Waals surface area contributed by atoms with Crippen LogP contribution >= 0.6 is 0 Å². The molecule has 0 unspecified atom stereocenters. The number of esters is 1. The zero-order chi connectivity index (χ0) is 14.4. The van der Waals surface area contributed by atoms with Gasteiger partial charge in [0, 0.05) is 0 Å². The van der Waals surface area contributed by atoms with Crippen molar-refractivity contribution >= 4 is 5.97 Å². The van der Waals surface area contributed by atoms with Crippen LogP contribution in [0, 0.1) is 6.92 Å². The highest BCUT2D eigenvalue weighted by molar-refractivity contribution is 5.88. The molecule has 0 bridgehead atoms. The summed E-state index contributed by atoms with van der Waals surface area (Å²) in [6.07, 6.45) is 0. The molecule has 0 fully saturated rings. The molecule has 0 saturated heterocycles. The molecule has 0 spiro atoms. The van der Waals surface area contributed by atoms with Crippen molar-refractivity contribution in [2.75, 3.05) is 13.2 Å². The summed E-state index contributed by atoms with van der Waals surface area (Å²) in [7, 11) is 0. The Balaban J connectivity index is 2.67. The number of aryl methyl sites for hydroxylation is 1. The maximum atomic E-state index is 11.4. The highest BCUT2D eigenvalue weighted by Gasteiger charge is 2.09. The van der Waals surface area contributed by atoms with Crippen molar-refractivity contribution in [3.8, 4) is 5.75 Å². The number of carbonyl (C=O) groups is 1. The van der Waals surface area contributed by atoms with Crippen LogP contribution in [0.3, 0.4) is 0 Å². The van der Waals surface area contributed by atoms with Gasteiger partial charge >= 0.3 is 5.97 Å². The second-order valence-electron chi connectivity index (χ2n) is 4.85. The summed E-state index contributed by atoms with van der Waals surface area (Å²) in [5, 5.41) is 0. The van der Waals surface area contributed by atoms with Crippen LogP contribution in [0.2, 0.25) is 0 Å². The Morgan fingerprint density at radius 3 is 2.58 bits per heavy atom. The summed E-state index contributed by atoms with van der Waals surface area (Å²) in [5.74, 6) is 0.795. The molecule has 3 heteroatoms. The van der Waals surface area contributed by atoms with E-state index in [-0.39, 0.29) is 6.61 Å². The molecule has 1 aromatic rings. The Labute approximate surface area is 115 Å². The van der Waals surface area contributed by atoms with Gasteiger partial charge in [0.15, 0.2) is 0 Å². The SMILES string of the molecule is C=C(COc1cc(C)cc(C(C)C)c1)C(=O)OCC. The van der Waals surface area contributed by atoms with Crippen molar-refractivity contribution < 1.29 is 14.3 Å². The van der Waals surface area contributed by atoms with Crippen LogP contribution in [0.25, 0.3) is 0 Å². The van der Waals surface area contributed by atoms with Crippen molar-refractivity contribution in [1.29, 1.82) is 0 Å². The molecular formula is C16H22O3. The van der Waals surface area contributed by atoms with Gasteiger partial charge in [-0.3, -0.25) is 0 Å². The zero-order valence-electron chi connectivity index (χ0n) is 12.2. The molecular weight excluding hydrogens is 240 g/mol. The molecule has 0 saturated carbocycles. The minimum atomic E-state index is -0.403. The Morgan fingerprint density at radius 2 is 2.00 bits per heavy atom. The first-order valence-corrected chi connectivity index (χ1v) is 6.53. The van der Waals surface area contributed by atoms with E-state index in [2.05, 4.69) is 26.5 Å². The number of rotatable bonds is 6. The third-order valence-corrected chi connectivity index (χ3v) is 2.72. The molecule has 1 aromatic carbocycles. The van der Waals surface area contributed by atoms with Gasteiger partial charge in [0.25, 0.3) is 0 Å². The molecule has 0 amide bonds. The molecule has 0 aliphatic heterocycles. The van der Waals surface area contributed by atoms with Crippen LogP contribution in [0.4, 0.5) is 0 Å². The fraction of sp³-hybridized carbons (Fsp3) is 0.438. The monoisotopic (exact) mass is 262 g/mol. The average Bonchev–Trinajstić information content (AvgIpc) is 2.35. The summed E-state index contributed by atoms with van der Waals surface area (Å²) >= 11 is 0. The van der Waals surface area contributed by atoms with Crippen LogP contribution in [-0.4, -0.2) is 19.2 Å². The molecule has 0 aromatic heterocycles. The predicted molar refractivity (Wildman–Crippen MR) is 76.5 cm³/mol. The fourth-order valence-electron chi connectivity index (χ4n) is 1.66. The molecule has 0 radical (unpaired) electrons. The van der Waals surface area contributed by atoms with Gasteiger partial charge in [-0.25, -0.2) is 4.79 Å². The van der Waals surface area contributed by atoms with Crippen molar-refractivity contribution in [2.24, 2.45) is 0 Å². The first-order chi connectivity index (χ1) is 8.93. The molecule has 0 heterocycles. The van der Waals surface area contributed by atoms with E-state index in [0.29, 0.717) is 18.1 Å².